The molecule has 10 heteroatoms. The lowest BCUT2D eigenvalue weighted by Crippen LogP contribution is -2.39. The lowest BCUT2D eigenvalue weighted by molar-refractivity contribution is -0.116. The number of nitrogens with zero attached hydrogens (tertiary/aromatic N) is 4. The molecule has 4 aromatic rings. The van der Waals surface area contributed by atoms with Crippen molar-refractivity contribution in [2.75, 3.05) is 18.4 Å². The van der Waals surface area contributed by atoms with E-state index in [0.29, 0.717) is 24.0 Å². The first-order valence-electron chi connectivity index (χ1n) is 11.2. The SMILES string of the molecule is CCCN(CC(=O)Nc1ccc(F)c(F)c1F)C(=O)c1nc(-c2ccccc2)n(-c2ccccc2)n1. The number of benzene rings is 3. The molecule has 0 fully saturated rings. The van der Waals surface area contributed by atoms with E-state index in [-0.39, 0.29) is 12.4 Å². The molecule has 0 unspecified atom stereocenters. The highest BCUT2D eigenvalue weighted by Crippen LogP contribution is 2.22. The zero-order chi connectivity index (χ0) is 25.7. The summed E-state index contributed by atoms with van der Waals surface area (Å²) < 4.78 is 42.2. The van der Waals surface area contributed by atoms with Gasteiger partial charge in [0.25, 0.3) is 5.91 Å². The molecule has 0 aliphatic rings. The number of carbonyl (C=O) groups is 2. The number of aromatic nitrogens is 3. The van der Waals surface area contributed by atoms with Crippen LogP contribution < -0.4 is 5.32 Å². The average molecular weight is 493 g/mol. The van der Waals surface area contributed by atoms with Gasteiger partial charge >= 0.3 is 0 Å². The third-order valence-electron chi connectivity index (χ3n) is 5.26. The molecule has 4 rings (SSSR count). The van der Waals surface area contributed by atoms with Gasteiger partial charge < -0.3 is 10.2 Å². The summed E-state index contributed by atoms with van der Waals surface area (Å²) in [5.41, 5.74) is 0.902. The first-order chi connectivity index (χ1) is 17.4. The Kier molecular flexibility index (Phi) is 7.43. The van der Waals surface area contributed by atoms with Crippen molar-refractivity contribution < 1.29 is 22.8 Å². The molecule has 184 valence electrons. The van der Waals surface area contributed by atoms with Crippen LogP contribution >= 0.6 is 0 Å². The Morgan fingerprint density at radius 1 is 0.917 bits per heavy atom. The topological polar surface area (TPSA) is 80.1 Å². The second-order valence-electron chi connectivity index (χ2n) is 7.87. The van der Waals surface area contributed by atoms with E-state index in [1.165, 1.54) is 4.90 Å². The van der Waals surface area contributed by atoms with E-state index >= 15 is 0 Å². The zero-order valence-electron chi connectivity index (χ0n) is 19.3. The number of hydrogen-bond donors (Lipinski definition) is 1. The van der Waals surface area contributed by atoms with E-state index < -0.39 is 41.5 Å². The van der Waals surface area contributed by atoms with Crippen molar-refractivity contribution >= 4 is 17.5 Å². The van der Waals surface area contributed by atoms with Gasteiger partial charge in [0, 0.05) is 12.1 Å². The molecule has 3 aromatic carbocycles. The van der Waals surface area contributed by atoms with Gasteiger partial charge in [0.05, 0.1) is 11.4 Å². The minimum Gasteiger partial charge on any atom is -0.327 e. The first-order valence-corrected chi connectivity index (χ1v) is 11.2. The van der Waals surface area contributed by atoms with Gasteiger partial charge in [0.15, 0.2) is 23.3 Å². The smallest absolute Gasteiger partial charge is 0.294 e. The van der Waals surface area contributed by atoms with Crippen LogP contribution in [0.25, 0.3) is 17.1 Å². The van der Waals surface area contributed by atoms with E-state index in [9.17, 15) is 22.8 Å². The molecule has 0 saturated heterocycles. The number of amides is 2. The predicted molar refractivity (Wildman–Crippen MR) is 128 cm³/mol. The molecule has 1 aromatic heterocycles. The predicted octanol–water partition coefficient (Wildman–Crippen LogP) is 4.84. The molecule has 1 N–H and O–H groups in total. The third-order valence-corrected chi connectivity index (χ3v) is 5.26. The number of hydrogen-bond acceptors (Lipinski definition) is 4. The van der Waals surface area contributed by atoms with Crippen LogP contribution in [0.3, 0.4) is 0 Å². The Hall–Kier alpha value is -4.47. The molecular formula is C26H22F3N5O2. The number of carbonyl (C=O) groups excluding carboxylic acids is 2. The number of halogens is 3. The van der Waals surface area contributed by atoms with Gasteiger partial charge in [-0.3, -0.25) is 9.59 Å². The Balaban J connectivity index is 1.61. The quantitative estimate of drug-likeness (QED) is 0.356. The van der Waals surface area contributed by atoms with Crippen molar-refractivity contribution in [2.45, 2.75) is 13.3 Å². The molecule has 2 amide bonds. The molecule has 36 heavy (non-hydrogen) atoms. The standard InChI is InChI=1S/C26H22F3N5O2/c1-2-15-33(16-21(35)30-20-14-13-19(27)22(28)23(20)29)26(36)24-31-25(17-9-5-3-6-10-17)34(32-24)18-11-7-4-8-12-18/h3-14H,2,15-16H2,1H3,(H,30,35). The minimum atomic E-state index is -1.70. The van der Waals surface area contributed by atoms with Crippen LogP contribution in [-0.4, -0.2) is 44.6 Å². The van der Waals surface area contributed by atoms with Crippen molar-refractivity contribution in [2.24, 2.45) is 0 Å². The lowest BCUT2D eigenvalue weighted by atomic mass is 10.2. The summed E-state index contributed by atoms with van der Waals surface area (Å²) in [6.07, 6.45) is 0.517. The Morgan fingerprint density at radius 3 is 2.25 bits per heavy atom. The molecule has 0 bridgehead atoms. The fraction of sp³-hybridized carbons (Fsp3) is 0.154. The van der Waals surface area contributed by atoms with Gasteiger partial charge in [0.1, 0.15) is 6.54 Å². The first kappa shape index (κ1) is 24.6. The maximum absolute atomic E-state index is 14.0. The van der Waals surface area contributed by atoms with Crippen LogP contribution in [0, 0.1) is 17.5 Å². The van der Waals surface area contributed by atoms with Crippen molar-refractivity contribution in [3.05, 3.63) is 96.1 Å². The Bertz CT molecular complexity index is 1320. The van der Waals surface area contributed by atoms with Gasteiger partial charge in [-0.05, 0) is 30.7 Å². The fourth-order valence-electron chi connectivity index (χ4n) is 3.58. The van der Waals surface area contributed by atoms with Gasteiger partial charge in [-0.2, -0.15) is 0 Å². The van der Waals surface area contributed by atoms with Crippen molar-refractivity contribution in [3.63, 3.8) is 0 Å². The molecule has 1 heterocycles. The number of nitrogens with one attached hydrogen (secondary N) is 1. The molecule has 0 aliphatic carbocycles. The van der Waals surface area contributed by atoms with Crippen LogP contribution in [0.4, 0.5) is 18.9 Å². The van der Waals surface area contributed by atoms with Crippen molar-refractivity contribution in [1.29, 1.82) is 0 Å². The van der Waals surface area contributed by atoms with Crippen LogP contribution in [0.2, 0.25) is 0 Å². The number of anilines is 1. The molecule has 0 radical (unpaired) electrons. The van der Waals surface area contributed by atoms with Crippen molar-refractivity contribution in [1.82, 2.24) is 19.7 Å². The average Bonchev–Trinajstić information content (AvgIpc) is 3.35. The van der Waals surface area contributed by atoms with Crippen LogP contribution in [0.1, 0.15) is 24.0 Å². The highest BCUT2D eigenvalue weighted by Gasteiger charge is 2.25. The van der Waals surface area contributed by atoms with Crippen LogP contribution in [-0.2, 0) is 4.79 Å². The van der Waals surface area contributed by atoms with Gasteiger partial charge in [-0.25, -0.2) is 22.8 Å². The summed E-state index contributed by atoms with van der Waals surface area (Å²) in [5.74, 6) is -5.67. The van der Waals surface area contributed by atoms with E-state index in [1.807, 2.05) is 67.6 Å². The molecule has 0 spiro atoms. The third kappa shape index (κ3) is 5.27. The van der Waals surface area contributed by atoms with Gasteiger partial charge in [0.2, 0.25) is 11.7 Å². The molecule has 0 saturated carbocycles. The maximum atomic E-state index is 14.0. The van der Waals surface area contributed by atoms with Gasteiger partial charge in [-0.1, -0.05) is 55.5 Å². The Morgan fingerprint density at radius 2 is 1.58 bits per heavy atom. The van der Waals surface area contributed by atoms with Gasteiger partial charge in [-0.15, -0.1) is 5.10 Å². The second kappa shape index (κ2) is 10.9. The summed E-state index contributed by atoms with van der Waals surface area (Å²) in [4.78, 5) is 31.6. The normalized spacial score (nSPS) is 10.8. The molecular weight excluding hydrogens is 471 g/mol. The van der Waals surface area contributed by atoms with E-state index in [0.717, 1.165) is 11.6 Å². The zero-order valence-corrected chi connectivity index (χ0v) is 19.3. The summed E-state index contributed by atoms with van der Waals surface area (Å²) in [7, 11) is 0. The van der Waals surface area contributed by atoms with Crippen LogP contribution in [0.15, 0.2) is 72.8 Å². The maximum Gasteiger partial charge on any atom is 0.294 e. The van der Waals surface area contributed by atoms with E-state index in [4.69, 9.17) is 0 Å². The molecule has 7 nitrogen and oxygen atoms in total. The number of para-hydroxylation sites is 1. The molecule has 0 aliphatic heterocycles. The summed E-state index contributed by atoms with van der Waals surface area (Å²) in [5, 5.41) is 6.60. The summed E-state index contributed by atoms with van der Waals surface area (Å²) in [6, 6.07) is 20.0. The Labute approximate surface area is 205 Å². The monoisotopic (exact) mass is 493 g/mol. The number of rotatable bonds is 8. The highest BCUT2D eigenvalue weighted by molar-refractivity contribution is 5.98. The highest BCUT2D eigenvalue weighted by atomic mass is 19.2. The minimum absolute atomic E-state index is 0.127. The molecule has 0 atom stereocenters. The van der Waals surface area contributed by atoms with Crippen molar-refractivity contribution in [3.8, 4) is 17.1 Å². The van der Waals surface area contributed by atoms with Crippen LogP contribution in [0.5, 0.6) is 0 Å². The van der Waals surface area contributed by atoms with E-state index in [2.05, 4.69) is 15.4 Å². The lowest BCUT2D eigenvalue weighted by Gasteiger charge is -2.20. The summed E-state index contributed by atoms with van der Waals surface area (Å²) >= 11 is 0. The largest absolute Gasteiger partial charge is 0.327 e. The summed E-state index contributed by atoms with van der Waals surface area (Å²) in [6.45, 7) is 1.54. The second-order valence-corrected chi connectivity index (χ2v) is 7.87. The fourth-order valence-corrected chi connectivity index (χ4v) is 3.58. The van der Waals surface area contributed by atoms with E-state index in [1.54, 1.807) is 4.68 Å².